The minimum atomic E-state index is -1.37. The van der Waals surface area contributed by atoms with Crippen molar-refractivity contribution in [3.8, 4) is 5.75 Å². The fourth-order valence-electron chi connectivity index (χ4n) is 10.1. The van der Waals surface area contributed by atoms with E-state index in [9.17, 15) is 14.4 Å². The first-order chi connectivity index (χ1) is 28.0. The van der Waals surface area contributed by atoms with Crippen molar-refractivity contribution in [1.29, 1.82) is 0 Å². The van der Waals surface area contributed by atoms with E-state index in [0.717, 1.165) is 60.6 Å². The molecule has 3 saturated heterocycles. The van der Waals surface area contributed by atoms with E-state index in [2.05, 4.69) is 61.1 Å². The summed E-state index contributed by atoms with van der Waals surface area (Å²) in [7, 11) is 0. The highest BCUT2D eigenvalue weighted by atomic mass is 19.1. The van der Waals surface area contributed by atoms with Crippen LogP contribution in [-0.2, 0) is 27.3 Å². The van der Waals surface area contributed by atoms with Gasteiger partial charge in [0.05, 0.1) is 30.5 Å². The fourth-order valence-corrected chi connectivity index (χ4v) is 10.1. The van der Waals surface area contributed by atoms with Gasteiger partial charge in [0.1, 0.15) is 24.1 Å². The van der Waals surface area contributed by atoms with Crippen LogP contribution in [0.2, 0.25) is 0 Å². The molecule has 3 amide bonds. The SMILES string of the molecule is C[C@@H]1Cc2c([nH]c3ccccc23)[C@@H](c2cnc(N3CCO[C@H](CN4CCN5c6cc7c(cc6OC[C@@H]5C4)C(=O)N(C4CCC(=O)NC4=O)C7)C3)nc2)N1CC(C)(C)F. The molecule has 4 aromatic rings. The van der Waals surface area contributed by atoms with Crippen molar-refractivity contribution in [3.05, 3.63) is 76.7 Å². The van der Waals surface area contributed by atoms with Crippen molar-refractivity contribution in [2.45, 2.75) is 82.5 Å². The number of anilines is 2. The van der Waals surface area contributed by atoms with Gasteiger partial charge in [0.25, 0.3) is 5.91 Å². The Balaban J connectivity index is 0.800. The third kappa shape index (κ3) is 6.66. The van der Waals surface area contributed by atoms with Gasteiger partial charge in [-0.25, -0.2) is 14.4 Å². The largest absolute Gasteiger partial charge is 0.489 e. The Morgan fingerprint density at radius 3 is 2.66 bits per heavy atom. The van der Waals surface area contributed by atoms with Crippen LogP contribution in [0, 0.1) is 0 Å². The van der Waals surface area contributed by atoms with Crippen LogP contribution in [0.4, 0.5) is 16.0 Å². The molecule has 2 aromatic carbocycles. The topological polar surface area (TPSA) is 139 Å². The number of amides is 3. The molecule has 0 aliphatic carbocycles. The van der Waals surface area contributed by atoms with E-state index in [1.54, 1.807) is 18.7 Å². The maximum absolute atomic E-state index is 15.3. The number of H-pyrrole nitrogens is 1. The van der Waals surface area contributed by atoms with Crippen LogP contribution in [-0.4, -0.2) is 136 Å². The molecule has 0 spiro atoms. The number of morpholine rings is 1. The number of piperidine rings is 1. The first kappa shape index (κ1) is 37.2. The van der Waals surface area contributed by atoms with Gasteiger partial charge in [-0.2, -0.15) is 0 Å². The van der Waals surface area contributed by atoms with Gasteiger partial charge in [0.15, 0.2) is 0 Å². The number of alkyl halides is 1. The summed E-state index contributed by atoms with van der Waals surface area (Å²) in [6.07, 6.45) is 5.21. The number of aromatic nitrogens is 3. The van der Waals surface area contributed by atoms with Gasteiger partial charge in [0, 0.05) is 105 Å². The number of carbonyl (C=O) groups is 3. The van der Waals surface area contributed by atoms with Gasteiger partial charge in [-0.15, -0.1) is 0 Å². The average molecular weight is 792 g/mol. The summed E-state index contributed by atoms with van der Waals surface area (Å²) in [5.41, 5.74) is 5.45. The normalized spacial score (nSPS) is 26.6. The third-order valence-electron chi connectivity index (χ3n) is 12.8. The van der Waals surface area contributed by atoms with Gasteiger partial charge in [-0.05, 0) is 62.9 Å². The molecular formula is C43H50FN9O5. The lowest BCUT2D eigenvalue weighted by Crippen LogP contribution is -2.59. The first-order valence-corrected chi connectivity index (χ1v) is 20.6. The van der Waals surface area contributed by atoms with E-state index < -0.39 is 17.6 Å². The smallest absolute Gasteiger partial charge is 0.255 e. The maximum atomic E-state index is 15.3. The second-order valence-corrected chi connectivity index (χ2v) is 17.5. The zero-order valence-corrected chi connectivity index (χ0v) is 33.2. The molecule has 10 rings (SSSR count). The summed E-state index contributed by atoms with van der Waals surface area (Å²) in [5.74, 6) is 0.455. The number of fused-ring (bicyclic) bond motifs is 7. The van der Waals surface area contributed by atoms with E-state index in [-0.39, 0.29) is 42.5 Å². The van der Waals surface area contributed by atoms with Crippen LogP contribution in [0.3, 0.4) is 0 Å². The monoisotopic (exact) mass is 791 g/mol. The highest BCUT2D eigenvalue weighted by molar-refractivity contribution is 6.06. The lowest BCUT2D eigenvalue weighted by Gasteiger charge is -2.46. The Labute approximate surface area is 336 Å². The number of aromatic amines is 1. The molecule has 58 heavy (non-hydrogen) atoms. The lowest BCUT2D eigenvalue weighted by atomic mass is 9.88. The number of para-hydroxylation sites is 1. The number of ether oxygens (including phenoxy) is 2. The molecule has 3 fully saturated rings. The predicted octanol–water partition coefficient (Wildman–Crippen LogP) is 3.59. The molecule has 6 aliphatic heterocycles. The van der Waals surface area contributed by atoms with Crippen LogP contribution in [0.5, 0.6) is 5.75 Å². The number of hydrogen-bond donors (Lipinski definition) is 2. The highest BCUT2D eigenvalue weighted by Crippen LogP contribution is 2.43. The standard InChI is InChI=1S/C43H50FN9O5/c1-25-14-32-30-6-4-5-7-33(30)47-38(32)39(53(25)24-43(2,3)44)27-17-45-42(46-18-27)50-12-13-57-29(22-50)21-49-10-11-51-28(20-49)23-58-36-16-31-26(15-35(36)51)19-52(41(31)56)34-8-9-37(54)48-40(34)55/h4-7,15-18,25,28-29,34,39,47H,8-14,19-24H2,1-3H3,(H,48,54,55)/t25-,28+,29-,34?,39-/m1/s1. The summed E-state index contributed by atoms with van der Waals surface area (Å²) in [5, 5.41) is 3.59. The van der Waals surface area contributed by atoms with Gasteiger partial charge < -0.3 is 29.2 Å². The summed E-state index contributed by atoms with van der Waals surface area (Å²) in [6.45, 7) is 11.8. The van der Waals surface area contributed by atoms with E-state index in [1.165, 1.54) is 10.9 Å². The number of piperazine rings is 1. The van der Waals surface area contributed by atoms with Gasteiger partial charge >= 0.3 is 0 Å². The number of imide groups is 1. The molecule has 6 aliphatic rings. The zero-order valence-electron chi connectivity index (χ0n) is 33.2. The number of nitrogens with one attached hydrogen (secondary N) is 2. The molecule has 5 atom stereocenters. The van der Waals surface area contributed by atoms with Crippen molar-refractivity contribution in [2.75, 3.05) is 68.8 Å². The molecule has 1 unspecified atom stereocenters. The second kappa shape index (κ2) is 14.3. The number of halogens is 1. The molecule has 2 aromatic heterocycles. The van der Waals surface area contributed by atoms with E-state index in [0.29, 0.717) is 63.1 Å². The number of rotatable bonds is 7. The van der Waals surface area contributed by atoms with Crippen molar-refractivity contribution in [3.63, 3.8) is 0 Å². The van der Waals surface area contributed by atoms with Crippen molar-refractivity contribution >= 4 is 40.3 Å². The molecule has 0 saturated carbocycles. The van der Waals surface area contributed by atoms with E-state index >= 15 is 4.39 Å². The minimum absolute atomic E-state index is 0.0247. The van der Waals surface area contributed by atoms with E-state index in [1.807, 2.05) is 24.5 Å². The Kier molecular flexibility index (Phi) is 9.17. The van der Waals surface area contributed by atoms with Crippen molar-refractivity contribution in [2.24, 2.45) is 0 Å². The van der Waals surface area contributed by atoms with Crippen LogP contribution in [0.15, 0.2) is 48.8 Å². The molecular weight excluding hydrogens is 742 g/mol. The fraction of sp³-hybridized carbons (Fsp3) is 0.512. The number of carbonyl (C=O) groups excluding carboxylic acids is 3. The summed E-state index contributed by atoms with van der Waals surface area (Å²) in [4.78, 5) is 62.1. The first-order valence-electron chi connectivity index (χ1n) is 20.6. The average Bonchev–Trinajstić information content (AvgIpc) is 3.73. The van der Waals surface area contributed by atoms with E-state index in [4.69, 9.17) is 19.4 Å². The quantitative estimate of drug-likeness (QED) is 0.266. The molecule has 15 heteroatoms. The van der Waals surface area contributed by atoms with Gasteiger partial charge in [0.2, 0.25) is 17.8 Å². The zero-order chi connectivity index (χ0) is 39.9. The molecule has 2 N–H and O–H groups in total. The predicted molar refractivity (Wildman–Crippen MR) is 215 cm³/mol. The molecule has 304 valence electrons. The van der Waals surface area contributed by atoms with Gasteiger partial charge in [-0.1, -0.05) is 18.2 Å². The van der Waals surface area contributed by atoms with Crippen LogP contribution in [0.25, 0.3) is 10.9 Å². The van der Waals surface area contributed by atoms with Crippen molar-refractivity contribution in [1.82, 2.24) is 35.0 Å². The Morgan fingerprint density at radius 2 is 1.84 bits per heavy atom. The van der Waals surface area contributed by atoms with Crippen LogP contribution in [0.1, 0.15) is 72.4 Å². The van der Waals surface area contributed by atoms with Gasteiger partial charge in [-0.3, -0.25) is 29.5 Å². The minimum Gasteiger partial charge on any atom is -0.489 e. The number of nitrogens with zero attached hydrogens (tertiary/aromatic N) is 7. The number of hydrogen-bond acceptors (Lipinski definition) is 11. The van der Waals surface area contributed by atoms with Crippen LogP contribution >= 0.6 is 0 Å². The van der Waals surface area contributed by atoms with Crippen molar-refractivity contribution < 1.29 is 28.2 Å². The summed E-state index contributed by atoms with van der Waals surface area (Å²) >= 11 is 0. The Hall–Kier alpha value is -5.12. The molecule has 0 radical (unpaired) electrons. The Bertz CT molecular complexity index is 2280. The Morgan fingerprint density at radius 1 is 1.02 bits per heavy atom. The summed E-state index contributed by atoms with van der Waals surface area (Å²) < 4.78 is 27.8. The molecule has 0 bridgehead atoms. The highest BCUT2D eigenvalue weighted by Gasteiger charge is 2.43. The third-order valence-corrected chi connectivity index (χ3v) is 12.8. The number of benzene rings is 2. The second-order valence-electron chi connectivity index (χ2n) is 17.5. The lowest BCUT2D eigenvalue weighted by molar-refractivity contribution is -0.136. The van der Waals surface area contributed by atoms with Crippen LogP contribution < -0.4 is 19.9 Å². The molecule has 8 heterocycles. The molecule has 14 nitrogen and oxygen atoms in total. The summed E-state index contributed by atoms with van der Waals surface area (Å²) in [6, 6.07) is 11.7. The maximum Gasteiger partial charge on any atom is 0.255 e.